The molecule has 4 nitrogen and oxygen atoms in total. The van der Waals surface area contributed by atoms with Crippen molar-refractivity contribution in [3.63, 3.8) is 0 Å². The Labute approximate surface area is 204 Å². The van der Waals surface area contributed by atoms with E-state index >= 15 is 0 Å². The number of nitrogens with zero attached hydrogens (tertiary/aromatic N) is 2. The molecule has 33 heavy (non-hydrogen) atoms. The van der Waals surface area contributed by atoms with Gasteiger partial charge in [0.05, 0.1) is 6.04 Å². The van der Waals surface area contributed by atoms with Gasteiger partial charge >= 0.3 is 0 Å². The third-order valence-electron chi connectivity index (χ3n) is 5.97. The zero-order valence-electron chi connectivity index (χ0n) is 18.5. The van der Waals surface area contributed by atoms with E-state index in [1.165, 1.54) is 4.88 Å². The summed E-state index contributed by atoms with van der Waals surface area (Å²) in [7, 11) is 0. The molecule has 0 bridgehead atoms. The summed E-state index contributed by atoms with van der Waals surface area (Å²) in [6, 6.07) is 19.5. The normalized spacial score (nSPS) is 15.1. The minimum atomic E-state index is -0.172. The monoisotopic (exact) mass is 478 g/mol. The molecule has 170 valence electrons. The highest BCUT2D eigenvalue weighted by atomic mass is 35.5. The van der Waals surface area contributed by atoms with Crippen LogP contribution in [-0.2, 0) is 22.4 Å². The Hall–Kier alpha value is -2.89. The number of rotatable bonds is 8. The van der Waals surface area contributed by atoms with Crippen LogP contribution >= 0.6 is 22.9 Å². The van der Waals surface area contributed by atoms with Crippen LogP contribution in [0.5, 0.6) is 0 Å². The third-order valence-corrected chi connectivity index (χ3v) is 7.22. The van der Waals surface area contributed by atoms with Gasteiger partial charge in [0.1, 0.15) is 6.54 Å². The zero-order valence-corrected chi connectivity index (χ0v) is 20.0. The van der Waals surface area contributed by atoms with Crippen molar-refractivity contribution in [2.45, 2.75) is 25.3 Å². The van der Waals surface area contributed by atoms with Gasteiger partial charge in [0.25, 0.3) is 0 Å². The van der Waals surface area contributed by atoms with Gasteiger partial charge in [-0.15, -0.1) is 17.9 Å². The maximum Gasteiger partial charge on any atom is 0.243 e. The molecule has 3 aromatic rings. The van der Waals surface area contributed by atoms with Gasteiger partial charge < -0.3 is 9.80 Å². The number of halogens is 1. The van der Waals surface area contributed by atoms with E-state index < -0.39 is 0 Å². The molecular weight excluding hydrogens is 452 g/mol. The predicted octanol–water partition coefficient (Wildman–Crippen LogP) is 5.52. The van der Waals surface area contributed by atoms with Crippen molar-refractivity contribution in [1.82, 2.24) is 9.80 Å². The number of carbonyl (C=O) groups excluding carboxylic acids is 2. The van der Waals surface area contributed by atoms with Gasteiger partial charge in [-0.1, -0.05) is 60.1 Å². The van der Waals surface area contributed by atoms with E-state index in [4.69, 9.17) is 11.6 Å². The number of aryl methyl sites for hydroxylation is 1. The molecule has 2 aromatic carbocycles. The van der Waals surface area contributed by atoms with Crippen LogP contribution in [0.15, 0.2) is 78.7 Å². The Kier molecular flexibility index (Phi) is 7.63. The average molecular weight is 479 g/mol. The van der Waals surface area contributed by atoms with Crippen LogP contribution in [0.2, 0.25) is 5.02 Å². The van der Waals surface area contributed by atoms with Gasteiger partial charge in [0.15, 0.2) is 0 Å². The SMILES string of the molecule is C=CCN(CC(=O)N1CCc2sccc2C1c1ccc(Cl)cc1)C(=O)CCc1ccccc1. The second-order valence-corrected chi connectivity index (χ2v) is 9.58. The van der Waals surface area contributed by atoms with E-state index in [0.29, 0.717) is 31.0 Å². The van der Waals surface area contributed by atoms with E-state index in [-0.39, 0.29) is 24.4 Å². The van der Waals surface area contributed by atoms with Crippen molar-refractivity contribution < 1.29 is 9.59 Å². The molecule has 0 saturated carbocycles. The van der Waals surface area contributed by atoms with Crippen LogP contribution in [0.4, 0.5) is 0 Å². The van der Waals surface area contributed by atoms with Gasteiger partial charge in [0.2, 0.25) is 11.8 Å². The summed E-state index contributed by atoms with van der Waals surface area (Å²) in [5.74, 6) is -0.0925. The minimum Gasteiger partial charge on any atom is -0.330 e. The molecule has 4 rings (SSSR count). The van der Waals surface area contributed by atoms with Crippen LogP contribution in [0.25, 0.3) is 0 Å². The minimum absolute atomic E-state index is 0.0385. The number of amides is 2. The van der Waals surface area contributed by atoms with Crippen LogP contribution in [0.1, 0.15) is 34.0 Å². The quantitative estimate of drug-likeness (QED) is 0.400. The average Bonchev–Trinajstić information content (AvgIpc) is 3.32. The molecular formula is C27H27ClN2O2S. The molecule has 0 aliphatic carbocycles. The van der Waals surface area contributed by atoms with Crippen LogP contribution in [0, 0.1) is 0 Å². The van der Waals surface area contributed by atoms with E-state index in [1.807, 2.05) is 59.5 Å². The molecule has 0 N–H and O–H groups in total. The Morgan fingerprint density at radius 1 is 1.12 bits per heavy atom. The lowest BCUT2D eigenvalue weighted by molar-refractivity contribution is -0.141. The van der Waals surface area contributed by atoms with Crippen LogP contribution in [-0.4, -0.2) is 41.2 Å². The van der Waals surface area contributed by atoms with Gasteiger partial charge in [-0.25, -0.2) is 0 Å². The van der Waals surface area contributed by atoms with Crippen molar-refractivity contribution in [1.29, 1.82) is 0 Å². The molecule has 0 radical (unpaired) electrons. The highest BCUT2D eigenvalue weighted by Gasteiger charge is 2.33. The van der Waals surface area contributed by atoms with Gasteiger partial charge in [0, 0.05) is 29.4 Å². The summed E-state index contributed by atoms with van der Waals surface area (Å²) < 4.78 is 0. The Balaban J connectivity index is 1.51. The maximum atomic E-state index is 13.5. The molecule has 0 spiro atoms. The Morgan fingerprint density at radius 2 is 1.88 bits per heavy atom. The van der Waals surface area contributed by atoms with Crippen molar-refractivity contribution in [3.05, 3.63) is 105 Å². The van der Waals surface area contributed by atoms with E-state index in [9.17, 15) is 9.59 Å². The van der Waals surface area contributed by atoms with E-state index in [0.717, 1.165) is 23.1 Å². The largest absolute Gasteiger partial charge is 0.330 e. The summed E-state index contributed by atoms with van der Waals surface area (Å²) in [6.07, 6.45) is 3.51. The third kappa shape index (κ3) is 5.55. The lowest BCUT2D eigenvalue weighted by Crippen LogP contribution is -2.46. The van der Waals surface area contributed by atoms with Crippen LogP contribution < -0.4 is 0 Å². The van der Waals surface area contributed by atoms with Crippen molar-refractivity contribution in [2.24, 2.45) is 0 Å². The zero-order chi connectivity index (χ0) is 23.2. The molecule has 6 heteroatoms. The molecule has 1 aromatic heterocycles. The first-order valence-corrected chi connectivity index (χ1v) is 12.4. The topological polar surface area (TPSA) is 40.6 Å². The summed E-state index contributed by atoms with van der Waals surface area (Å²) in [6.45, 7) is 4.80. The molecule has 1 aliphatic rings. The first-order chi connectivity index (χ1) is 16.1. The fourth-order valence-corrected chi connectivity index (χ4v) is 5.34. The number of fused-ring (bicyclic) bond motifs is 1. The van der Waals surface area contributed by atoms with Crippen molar-refractivity contribution in [2.75, 3.05) is 19.6 Å². The molecule has 0 fully saturated rings. The number of carbonyl (C=O) groups is 2. The second-order valence-electron chi connectivity index (χ2n) is 8.14. The summed E-state index contributed by atoms with van der Waals surface area (Å²) in [4.78, 5) is 31.3. The first kappa shape index (κ1) is 23.3. The number of hydrogen-bond acceptors (Lipinski definition) is 3. The highest BCUT2D eigenvalue weighted by molar-refractivity contribution is 7.10. The predicted molar refractivity (Wildman–Crippen MR) is 135 cm³/mol. The highest BCUT2D eigenvalue weighted by Crippen LogP contribution is 2.38. The molecule has 1 unspecified atom stereocenters. The smallest absolute Gasteiger partial charge is 0.243 e. The number of hydrogen-bond donors (Lipinski definition) is 0. The fourth-order valence-electron chi connectivity index (χ4n) is 4.31. The summed E-state index contributed by atoms with van der Waals surface area (Å²) >= 11 is 7.84. The van der Waals surface area contributed by atoms with Crippen LogP contribution in [0.3, 0.4) is 0 Å². The maximum absolute atomic E-state index is 13.5. The van der Waals surface area contributed by atoms with Gasteiger partial charge in [-0.3, -0.25) is 9.59 Å². The Bertz CT molecular complexity index is 1110. The molecule has 1 aliphatic heterocycles. The first-order valence-electron chi connectivity index (χ1n) is 11.1. The second kappa shape index (κ2) is 10.8. The van der Waals surface area contributed by atoms with E-state index in [1.54, 1.807) is 22.3 Å². The fraction of sp³-hybridized carbons (Fsp3) is 0.259. The summed E-state index contributed by atoms with van der Waals surface area (Å²) in [5, 5.41) is 2.75. The van der Waals surface area contributed by atoms with Gasteiger partial charge in [-0.05, 0) is 53.1 Å². The number of benzene rings is 2. The Morgan fingerprint density at radius 3 is 2.61 bits per heavy atom. The molecule has 2 amide bonds. The van der Waals surface area contributed by atoms with Gasteiger partial charge in [-0.2, -0.15) is 0 Å². The lowest BCUT2D eigenvalue weighted by Gasteiger charge is -2.37. The molecule has 0 saturated heterocycles. The molecule has 1 atom stereocenters. The summed E-state index contributed by atoms with van der Waals surface area (Å²) in [5.41, 5.74) is 3.30. The standard InChI is InChI=1S/C27H27ClN2O2S/c1-2-16-29(25(31)13-8-20-6-4-3-5-7-20)19-26(32)30-17-14-24-23(15-18-33-24)27(30)21-9-11-22(28)12-10-21/h2-7,9-12,15,18,27H,1,8,13-14,16-17,19H2. The van der Waals surface area contributed by atoms with Crippen molar-refractivity contribution >= 4 is 34.8 Å². The van der Waals surface area contributed by atoms with E-state index in [2.05, 4.69) is 18.0 Å². The molecule has 2 heterocycles. The number of thiophene rings is 1. The van der Waals surface area contributed by atoms with Crippen molar-refractivity contribution in [3.8, 4) is 0 Å². The lowest BCUT2D eigenvalue weighted by atomic mass is 9.93.